The van der Waals surface area contributed by atoms with Crippen molar-refractivity contribution in [1.29, 1.82) is 0 Å². The molecule has 1 heterocycles. The zero-order valence-corrected chi connectivity index (χ0v) is 16.1. The summed E-state index contributed by atoms with van der Waals surface area (Å²) in [6, 6.07) is 19.4. The second-order valence-corrected chi connectivity index (χ2v) is 6.46. The molecular weight excluding hydrogens is 352 g/mol. The van der Waals surface area contributed by atoms with Gasteiger partial charge in [-0.15, -0.1) is 10.2 Å². The predicted octanol–water partition coefficient (Wildman–Crippen LogP) is 3.38. The standard InChI is InChI=1S/C22H24N4O2/c1-16-6-5-7-17(14-16)15-24-22(27)19-10-11-21(26-25-19)23-13-12-18-8-3-4-9-20(18)28-2/h3-11,14H,12-13,15H2,1-2H3,(H,23,26)(H,24,27). The molecule has 0 aliphatic rings. The molecule has 2 aromatic carbocycles. The van der Waals surface area contributed by atoms with E-state index in [0.717, 1.165) is 28.9 Å². The fraction of sp³-hybridized carbons (Fsp3) is 0.227. The summed E-state index contributed by atoms with van der Waals surface area (Å²) in [4.78, 5) is 12.2. The number of carbonyl (C=O) groups excluding carboxylic acids is 1. The first-order valence-electron chi connectivity index (χ1n) is 9.19. The van der Waals surface area contributed by atoms with E-state index in [4.69, 9.17) is 4.74 Å². The van der Waals surface area contributed by atoms with E-state index in [0.29, 0.717) is 24.6 Å². The number of aromatic nitrogens is 2. The van der Waals surface area contributed by atoms with Crippen molar-refractivity contribution in [2.75, 3.05) is 19.0 Å². The van der Waals surface area contributed by atoms with Crippen LogP contribution in [0.25, 0.3) is 0 Å². The number of hydrogen-bond acceptors (Lipinski definition) is 5. The number of aryl methyl sites for hydroxylation is 1. The molecular formula is C22H24N4O2. The number of nitrogens with zero attached hydrogens (tertiary/aromatic N) is 2. The van der Waals surface area contributed by atoms with Gasteiger partial charge in [-0.1, -0.05) is 48.0 Å². The highest BCUT2D eigenvalue weighted by Crippen LogP contribution is 2.17. The molecule has 0 fully saturated rings. The first-order valence-corrected chi connectivity index (χ1v) is 9.19. The average Bonchev–Trinajstić information content (AvgIpc) is 2.73. The highest BCUT2D eigenvalue weighted by Gasteiger charge is 2.08. The Hall–Kier alpha value is -3.41. The third-order valence-electron chi connectivity index (χ3n) is 4.33. The summed E-state index contributed by atoms with van der Waals surface area (Å²) in [5.74, 6) is 1.26. The van der Waals surface area contributed by atoms with Crippen LogP contribution in [-0.2, 0) is 13.0 Å². The molecule has 0 spiro atoms. The maximum absolute atomic E-state index is 12.2. The number of methoxy groups -OCH3 is 1. The lowest BCUT2D eigenvalue weighted by atomic mass is 10.1. The van der Waals surface area contributed by atoms with Gasteiger partial charge in [0.1, 0.15) is 11.6 Å². The summed E-state index contributed by atoms with van der Waals surface area (Å²) in [5.41, 5.74) is 3.63. The molecule has 1 amide bonds. The molecule has 28 heavy (non-hydrogen) atoms. The van der Waals surface area contributed by atoms with Crippen LogP contribution in [0.4, 0.5) is 5.82 Å². The Labute approximate surface area is 165 Å². The summed E-state index contributed by atoms with van der Waals surface area (Å²) in [6.45, 7) is 3.17. The Morgan fingerprint density at radius 2 is 1.89 bits per heavy atom. The molecule has 0 saturated heterocycles. The number of ether oxygens (including phenoxy) is 1. The molecule has 144 valence electrons. The van der Waals surface area contributed by atoms with E-state index in [-0.39, 0.29) is 5.91 Å². The molecule has 0 aliphatic carbocycles. The topological polar surface area (TPSA) is 76.1 Å². The van der Waals surface area contributed by atoms with Crippen LogP contribution in [0.15, 0.2) is 60.7 Å². The van der Waals surface area contributed by atoms with Crippen molar-refractivity contribution in [2.45, 2.75) is 19.9 Å². The van der Waals surface area contributed by atoms with Gasteiger partial charge in [-0.2, -0.15) is 0 Å². The number of anilines is 1. The van der Waals surface area contributed by atoms with Gasteiger partial charge in [0.05, 0.1) is 7.11 Å². The molecule has 0 saturated carbocycles. The number of para-hydroxylation sites is 1. The molecule has 6 heteroatoms. The van der Waals surface area contributed by atoms with Crippen molar-refractivity contribution in [3.05, 3.63) is 83.0 Å². The highest BCUT2D eigenvalue weighted by atomic mass is 16.5. The van der Waals surface area contributed by atoms with Crippen LogP contribution in [-0.4, -0.2) is 29.8 Å². The summed E-state index contributed by atoms with van der Waals surface area (Å²) < 4.78 is 5.35. The first-order chi connectivity index (χ1) is 13.7. The van der Waals surface area contributed by atoms with E-state index >= 15 is 0 Å². The summed E-state index contributed by atoms with van der Waals surface area (Å²) in [6.07, 6.45) is 0.796. The number of hydrogen-bond donors (Lipinski definition) is 2. The first kappa shape index (κ1) is 19.4. The molecule has 0 atom stereocenters. The molecule has 1 aromatic heterocycles. The minimum atomic E-state index is -0.241. The van der Waals surface area contributed by atoms with Gasteiger partial charge >= 0.3 is 0 Å². The fourth-order valence-electron chi connectivity index (χ4n) is 2.88. The van der Waals surface area contributed by atoms with Crippen LogP contribution in [0, 0.1) is 6.92 Å². The Bertz CT molecular complexity index is 926. The number of rotatable bonds is 8. The number of nitrogens with one attached hydrogen (secondary N) is 2. The molecule has 3 rings (SSSR count). The molecule has 0 unspecified atom stereocenters. The minimum Gasteiger partial charge on any atom is -0.496 e. The molecule has 0 aliphatic heterocycles. The second-order valence-electron chi connectivity index (χ2n) is 6.46. The third-order valence-corrected chi connectivity index (χ3v) is 4.33. The van der Waals surface area contributed by atoms with Crippen molar-refractivity contribution < 1.29 is 9.53 Å². The van der Waals surface area contributed by atoms with E-state index in [2.05, 4.69) is 20.8 Å². The van der Waals surface area contributed by atoms with Gasteiger partial charge in [-0.25, -0.2) is 0 Å². The van der Waals surface area contributed by atoms with Gasteiger partial charge in [0, 0.05) is 13.1 Å². The van der Waals surface area contributed by atoms with E-state index in [1.165, 1.54) is 0 Å². The zero-order chi connectivity index (χ0) is 19.8. The predicted molar refractivity (Wildman–Crippen MR) is 110 cm³/mol. The second kappa shape index (κ2) is 9.50. The van der Waals surface area contributed by atoms with Crippen molar-refractivity contribution in [3.63, 3.8) is 0 Å². The Morgan fingerprint density at radius 1 is 1.04 bits per heavy atom. The monoisotopic (exact) mass is 376 g/mol. The van der Waals surface area contributed by atoms with Crippen LogP contribution < -0.4 is 15.4 Å². The lowest BCUT2D eigenvalue weighted by Crippen LogP contribution is -2.24. The smallest absolute Gasteiger partial charge is 0.272 e. The number of carbonyl (C=O) groups is 1. The Kier molecular flexibility index (Phi) is 6.57. The SMILES string of the molecule is COc1ccccc1CCNc1ccc(C(=O)NCc2cccc(C)c2)nn1. The number of benzene rings is 2. The summed E-state index contributed by atoms with van der Waals surface area (Å²) in [5, 5.41) is 14.2. The molecule has 0 radical (unpaired) electrons. The van der Waals surface area contributed by atoms with E-state index in [1.807, 2.05) is 55.5 Å². The van der Waals surface area contributed by atoms with Gasteiger partial charge in [0.25, 0.3) is 5.91 Å². The van der Waals surface area contributed by atoms with Crippen molar-refractivity contribution in [1.82, 2.24) is 15.5 Å². The Morgan fingerprint density at radius 3 is 2.64 bits per heavy atom. The van der Waals surface area contributed by atoms with Gasteiger partial charge in [-0.05, 0) is 42.7 Å². The van der Waals surface area contributed by atoms with Gasteiger partial charge in [0.2, 0.25) is 0 Å². The Balaban J connectivity index is 1.49. The van der Waals surface area contributed by atoms with Crippen molar-refractivity contribution in [2.24, 2.45) is 0 Å². The molecule has 6 nitrogen and oxygen atoms in total. The van der Waals surface area contributed by atoms with Crippen LogP contribution in [0.5, 0.6) is 5.75 Å². The van der Waals surface area contributed by atoms with Crippen LogP contribution in [0.2, 0.25) is 0 Å². The zero-order valence-electron chi connectivity index (χ0n) is 16.1. The largest absolute Gasteiger partial charge is 0.496 e. The maximum atomic E-state index is 12.2. The van der Waals surface area contributed by atoms with Crippen LogP contribution in [0.3, 0.4) is 0 Å². The maximum Gasteiger partial charge on any atom is 0.272 e. The molecule has 3 aromatic rings. The average molecular weight is 376 g/mol. The quantitative estimate of drug-likeness (QED) is 0.630. The normalized spacial score (nSPS) is 10.4. The van der Waals surface area contributed by atoms with Gasteiger partial charge < -0.3 is 15.4 Å². The molecule has 2 N–H and O–H groups in total. The van der Waals surface area contributed by atoms with Gasteiger partial charge in [-0.3, -0.25) is 4.79 Å². The van der Waals surface area contributed by atoms with Crippen molar-refractivity contribution in [3.8, 4) is 5.75 Å². The summed E-state index contributed by atoms with van der Waals surface area (Å²) >= 11 is 0. The summed E-state index contributed by atoms with van der Waals surface area (Å²) in [7, 11) is 1.67. The van der Waals surface area contributed by atoms with Crippen LogP contribution >= 0.6 is 0 Å². The third kappa shape index (κ3) is 5.30. The van der Waals surface area contributed by atoms with E-state index < -0.39 is 0 Å². The highest BCUT2D eigenvalue weighted by molar-refractivity contribution is 5.92. The van der Waals surface area contributed by atoms with Crippen LogP contribution in [0.1, 0.15) is 27.2 Å². The minimum absolute atomic E-state index is 0.241. The van der Waals surface area contributed by atoms with Gasteiger partial charge in [0.15, 0.2) is 5.69 Å². The fourth-order valence-corrected chi connectivity index (χ4v) is 2.88. The van der Waals surface area contributed by atoms with E-state index in [1.54, 1.807) is 19.2 Å². The number of amides is 1. The lowest BCUT2D eigenvalue weighted by molar-refractivity contribution is 0.0945. The van der Waals surface area contributed by atoms with E-state index in [9.17, 15) is 4.79 Å². The molecule has 0 bridgehead atoms. The lowest BCUT2D eigenvalue weighted by Gasteiger charge is -2.09. The van der Waals surface area contributed by atoms with Crippen molar-refractivity contribution >= 4 is 11.7 Å².